The lowest BCUT2D eigenvalue weighted by Gasteiger charge is -2.34. The van der Waals surface area contributed by atoms with Crippen LogP contribution in [0.4, 0.5) is 5.13 Å². The van der Waals surface area contributed by atoms with Gasteiger partial charge in [-0.3, -0.25) is 4.79 Å². The Balaban J connectivity index is 1.37. The van der Waals surface area contributed by atoms with E-state index in [9.17, 15) is 4.79 Å². The maximum atomic E-state index is 13.0. The quantitative estimate of drug-likeness (QED) is 0.462. The fourth-order valence-electron chi connectivity index (χ4n) is 4.04. The average molecular weight is 438 g/mol. The predicted molar refractivity (Wildman–Crippen MR) is 129 cm³/mol. The third-order valence-corrected chi connectivity index (χ3v) is 7.01. The second-order valence-corrected chi connectivity index (χ2v) is 9.27. The van der Waals surface area contributed by atoms with Gasteiger partial charge in [-0.1, -0.05) is 43.2 Å². The second-order valence-electron chi connectivity index (χ2n) is 8.29. The number of thiazole rings is 1. The standard InChI is InChI=1S/C25H31N3O2S/c1-4-5-6-14-30-21-9-7-8-20(17-21)24(29)27-10-12-28(13-11-27)25-26-22-16-18(2)15-19(3)23(22)31-25/h7-9,15-17H,4-6,10-14H2,1-3H3. The number of unbranched alkanes of at least 4 members (excludes halogenated alkanes) is 2. The van der Waals surface area contributed by atoms with Gasteiger partial charge in [0, 0.05) is 31.7 Å². The first-order chi connectivity index (χ1) is 15.0. The first kappa shape index (κ1) is 21.6. The highest BCUT2D eigenvalue weighted by atomic mass is 32.1. The molecule has 5 nitrogen and oxygen atoms in total. The van der Waals surface area contributed by atoms with Gasteiger partial charge in [0.15, 0.2) is 5.13 Å². The highest BCUT2D eigenvalue weighted by Gasteiger charge is 2.24. The second kappa shape index (κ2) is 9.69. The zero-order valence-corrected chi connectivity index (χ0v) is 19.5. The fraction of sp³-hybridized carbons (Fsp3) is 0.440. The summed E-state index contributed by atoms with van der Waals surface area (Å²) in [5.74, 6) is 0.857. The molecule has 2 aromatic carbocycles. The van der Waals surface area contributed by atoms with Crippen molar-refractivity contribution in [1.82, 2.24) is 9.88 Å². The molecule has 2 heterocycles. The molecule has 31 heavy (non-hydrogen) atoms. The van der Waals surface area contributed by atoms with Crippen LogP contribution in [0.5, 0.6) is 5.75 Å². The van der Waals surface area contributed by atoms with Crippen molar-refractivity contribution in [3.05, 3.63) is 53.1 Å². The van der Waals surface area contributed by atoms with E-state index in [0.29, 0.717) is 25.3 Å². The molecule has 0 atom stereocenters. The summed E-state index contributed by atoms with van der Waals surface area (Å²) in [5.41, 5.74) is 4.30. The minimum absolute atomic E-state index is 0.0782. The number of ether oxygens (including phenoxy) is 1. The fourth-order valence-corrected chi connectivity index (χ4v) is 5.11. The first-order valence-electron chi connectivity index (χ1n) is 11.2. The maximum Gasteiger partial charge on any atom is 0.254 e. The number of aryl methyl sites for hydroxylation is 2. The highest BCUT2D eigenvalue weighted by Crippen LogP contribution is 2.32. The molecule has 1 saturated heterocycles. The van der Waals surface area contributed by atoms with Gasteiger partial charge in [-0.2, -0.15) is 0 Å². The Morgan fingerprint density at radius 2 is 1.90 bits per heavy atom. The van der Waals surface area contributed by atoms with E-state index in [1.54, 1.807) is 11.3 Å². The van der Waals surface area contributed by atoms with E-state index in [0.717, 1.165) is 42.3 Å². The normalized spacial score (nSPS) is 14.3. The number of hydrogen-bond donors (Lipinski definition) is 0. The lowest BCUT2D eigenvalue weighted by Crippen LogP contribution is -2.48. The first-order valence-corrected chi connectivity index (χ1v) is 12.0. The van der Waals surface area contributed by atoms with Crippen LogP contribution in [-0.4, -0.2) is 48.6 Å². The molecule has 1 aliphatic rings. The average Bonchev–Trinajstić information content (AvgIpc) is 3.21. The number of carbonyl (C=O) groups is 1. The molecule has 0 spiro atoms. The van der Waals surface area contributed by atoms with Crippen LogP contribution in [0.3, 0.4) is 0 Å². The third-order valence-electron chi connectivity index (χ3n) is 5.74. The van der Waals surface area contributed by atoms with Crippen molar-refractivity contribution in [3.8, 4) is 5.75 Å². The number of piperazine rings is 1. The number of aromatic nitrogens is 1. The van der Waals surface area contributed by atoms with Gasteiger partial charge in [0.1, 0.15) is 5.75 Å². The lowest BCUT2D eigenvalue weighted by atomic mass is 10.1. The number of carbonyl (C=O) groups excluding carboxylic acids is 1. The molecule has 0 N–H and O–H groups in total. The molecule has 1 aromatic heterocycles. The van der Waals surface area contributed by atoms with E-state index in [-0.39, 0.29) is 5.91 Å². The van der Waals surface area contributed by atoms with Crippen molar-refractivity contribution >= 4 is 32.6 Å². The van der Waals surface area contributed by atoms with E-state index < -0.39 is 0 Å². The summed E-state index contributed by atoms with van der Waals surface area (Å²) in [4.78, 5) is 22.1. The molecule has 4 rings (SSSR count). The van der Waals surface area contributed by atoms with Crippen molar-refractivity contribution in [3.63, 3.8) is 0 Å². The monoisotopic (exact) mass is 437 g/mol. The summed E-state index contributed by atoms with van der Waals surface area (Å²) in [6, 6.07) is 12.0. The number of fused-ring (bicyclic) bond motifs is 1. The zero-order chi connectivity index (χ0) is 21.8. The smallest absolute Gasteiger partial charge is 0.254 e. The van der Waals surface area contributed by atoms with Crippen molar-refractivity contribution in [2.45, 2.75) is 40.0 Å². The summed E-state index contributed by atoms with van der Waals surface area (Å²) < 4.78 is 7.08. The SMILES string of the molecule is CCCCCOc1cccc(C(=O)N2CCN(c3nc4cc(C)cc(C)c4s3)CC2)c1. The molecular weight excluding hydrogens is 406 g/mol. The molecular formula is C25H31N3O2S. The van der Waals surface area contributed by atoms with Crippen LogP contribution >= 0.6 is 11.3 Å². The summed E-state index contributed by atoms with van der Waals surface area (Å²) in [6.45, 7) is 10.1. The number of anilines is 1. The van der Waals surface area contributed by atoms with Crippen LogP contribution in [-0.2, 0) is 0 Å². The van der Waals surface area contributed by atoms with Gasteiger partial charge in [-0.25, -0.2) is 4.98 Å². The van der Waals surface area contributed by atoms with Gasteiger partial charge in [0.05, 0.1) is 16.8 Å². The van der Waals surface area contributed by atoms with E-state index in [1.807, 2.05) is 29.2 Å². The number of benzene rings is 2. The van der Waals surface area contributed by atoms with Crippen molar-refractivity contribution in [2.75, 3.05) is 37.7 Å². The Kier molecular flexibility index (Phi) is 6.76. The Morgan fingerprint density at radius 1 is 1.10 bits per heavy atom. The van der Waals surface area contributed by atoms with Crippen molar-refractivity contribution in [1.29, 1.82) is 0 Å². The summed E-state index contributed by atoms with van der Waals surface area (Å²) >= 11 is 1.75. The van der Waals surface area contributed by atoms with Crippen LogP contribution in [0.25, 0.3) is 10.2 Å². The van der Waals surface area contributed by atoms with Crippen LogP contribution in [0.2, 0.25) is 0 Å². The van der Waals surface area contributed by atoms with Gasteiger partial charge >= 0.3 is 0 Å². The van der Waals surface area contributed by atoms with Crippen LogP contribution in [0.1, 0.15) is 47.7 Å². The van der Waals surface area contributed by atoms with E-state index in [4.69, 9.17) is 9.72 Å². The van der Waals surface area contributed by atoms with Gasteiger partial charge in [0.2, 0.25) is 0 Å². The maximum absolute atomic E-state index is 13.0. The van der Waals surface area contributed by atoms with Gasteiger partial charge in [-0.05, 0) is 55.7 Å². The lowest BCUT2D eigenvalue weighted by molar-refractivity contribution is 0.0746. The summed E-state index contributed by atoms with van der Waals surface area (Å²) in [6.07, 6.45) is 3.38. The van der Waals surface area contributed by atoms with Crippen molar-refractivity contribution in [2.24, 2.45) is 0 Å². The molecule has 1 aliphatic heterocycles. The molecule has 164 valence electrons. The van der Waals surface area contributed by atoms with Crippen molar-refractivity contribution < 1.29 is 9.53 Å². The number of amides is 1. The summed E-state index contributed by atoms with van der Waals surface area (Å²) in [5, 5.41) is 1.05. The third kappa shape index (κ3) is 5.01. The molecule has 0 bridgehead atoms. The Bertz CT molecular complexity index is 1050. The molecule has 1 amide bonds. The Morgan fingerprint density at radius 3 is 2.68 bits per heavy atom. The molecule has 1 fully saturated rings. The molecule has 6 heteroatoms. The Labute approximate surface area is 188 Å². The van der Waals surface area contributed by atoms with Gasteiger partial charge in [0.25, 0.3) is 5.91 Å². The summed E-state index contributed by atoms with van der Waals surface area (Å²) in [7, 11) is 0. The number of nitrogens with zero attached hydrogens (tertiary/aromatic N) is 3. The molecule has 0 radical (unpaired) electrons. The largest absolute Gasteiger partial charge is 0.494 e. The van der Waals surface area contributed by atoms with E-state index in [1.165, 1.54) is 22.2 Å². The molecule has 0 aliphatic carbocycles. The Hall–Kier alpha value is -2.60. The minimum Gasteiger partial charge on any atom is -0.494 e. The minimum atomic E-state index is 0.0782. The van der Waals surface area contributed by atoms with Crippen LogP contribution < -0.4 is 9.64 Å². The zero-order valence-electron chi connectivity index (χ0n) is 18.7. The van der Waals surface area contributed by atoms with Gasteiger partial charge in [-0.15, -0.1) is 0 Å². The number of rotatable bonds is 7. The van der Waals surface area contributed by atoms with Crippen LogP contribution in [0, 0.1) is 13.8 Å². The molecule has 0 unspecified atom stereocenters. The van der Waals surface area contributed by atoms with E-state index >= 15 is 0 Å². The van der Waals surface area contributed by atoms with E-state index in [2.05, 4.69) is 37.8 Å². The predicted octanol–water partition coefficient (Wildman–Crippen LogP) is 5.44. The molecule has 0 saturated carbocycles. The van der Waals surface area contributed by atoms with Crippen LogP contribution in [0.15, 0.2) is 36.4 Å². The number of hydrogen-bond acceptors (Lipinski definition) is 5. The highest BCUT2D eigenvalue weighted by molar-refractivity contribution is 7.22. The van der Waals surface area contributed by atoms with Gasteiger partial charge < -0.3 is 14.5 Å². The topological polar surface area (TPSA) is 45.7 Å². The molecule has 3 aromatic rings.